The zero-order chi connectivity index (χ0) is 14.5. The minimum absolute atomic E-state index is 0.248. The van der Waals surface area contributed by atoms with Gasteiger partial charge in [-0.3, -0.25) is 4.79 Å². The third kappa shape index (κ3) is 3.39. The highest BCUT2D eigenvalue weighted by atomic mass is 32.2. The number of benzene rings is 2. The molecule has 0 aliphatic heterocycles. The summed E-state index contributed by atoms with van der Waals surface area (Å²) in [6, 6.07) is 13.8. The minimum Gasteiger partial charge on any atom is -0.478 e. The standard InChI is InChI=1S/C15H13NO3S/c16-14(17)13-7-2-1-4-11(13)9-20-12-6-3-5-10(8-12)15(18)19/h1-8H,9H2,(H2,16,17)(H,18,19). The number of carbonyl (C=O) groups is 2. The molecule has 5 heteroatoms. The van der Waals surface area contributed by atoms with Crippen LogP contribution in [0.3, 0.4) is 0 Å². The van der Waals surface area contributed by atoms with Crippen molar-refractivity contribution in [3.8, 4) is 0 Å². The van der Waals surface area contributed by atoms with E-state index in [0.29, 0.717) is 11.3 Å². The molecule has 0 aliphatic carbocycles. The molecule has 2 aromatic rings. The first-order valence-electron chi connectivity index (χ1n) is 5.92. The molecule has 102 valence electrons. The van der Waals surface area contributed by atoms with E-state index in [9.17, 15) is 9.59 Å². The van der Waals surface area contributed by atoms with Crippen LogP contribution in [-0.2, 0) is 5.75 Å². The summed E-state index contributed by atoms with van der Waals surface area (Å²) in [5.74, 6) is -0.854. The van der Waals surface area contributed by atoms with Gasteiger partial charge in [0.15, 0.2) is 0 Å². The number of carboxylic acid groups (broad SMARTS) is 1. The van der Waals surface area contributed by atoms with E-state index in [1.165, 1.54) is 11.8 Å². The Kier molecular flexibility index (Phi) is 4.42. The minimum atomic E-state index is -0.954. The van der Waals surface area contributed by atoms with E-state index < -0.39 is 11.9 Å². The summed E-state index contributed by atoms with van der Waals surface area (Å²) in [6.07, 6.45) is 0. The average molecular weight is 287 g/mol. The zero-order valence-corrected chi connectivity index (χ0v) is 11.4. The smallest absolute Gasteiger partial charge is 0.335 e. The maximum Gasteiger partial charge on any atom is 0.335 e. The first kappa shape index (κ1) is 14.1. The highest BCUT2D eigenvalue weighted by molar-refractivity contribution is 7.98. The number of hydrogen-bond donors (Lipinski definition) is 2. The number of rotatable bonds is 5. The van der Waals surface area contributed by atoms with Gasteiger partial charge in [-0.15, -0.1) is 11.8 Å². The molecule has 0 radical (unpaired) electrons. The lowest BCUT2D eigenvalue weighted by molar-refractivity contribution is 0.0696. The van der Waals surface area contributed by atoms with Gasteiger partial charge in [-0.1, -0.05) is 24.3 Å². The highest BCUT2D eigenvalue weighted by Crippen LogP contribution is 2.25. The molecule has 0 saturated carbocycles. The molecule has 20 heavy (non-hydrogen) atoms. The Labute approximate surface area is 120 Å². The molecule has 1 amide bonds. The summed E-state index contributed by atoms with van der Waals surface area (Å²) in [6.45, 7) is 0. The lowest BCUT2D eigenvalue weighted by Crippen LogP contribution is -2.13. The Hall–Kier alpha value is -2.27. The molecule has 0 saturated heterocycles. The van der Waals surface area contributed by atoms with Crippen LogP contribution < -0.4 is 5.73 Å². The first-order chi connectivity index (χ1) is 9.58. The maximum absolute atomic E-state index is 11.3. The lowest BCUT2D eigenvalue weighted by atomic mass is 10.1. The van der Waals surface area contributed by atoms with Crippen LogP contribution in [0.25, 0.3) is 0 Å². The summed E-state index contributed by atoms with van der Waals surface area (Å²) in [5, 5.41) is 8.94. The van der Waals surface area contributed by atoms with Crippen LogP contribution in [0.5, 0.6) is 0 Å². The molecule has 0 fully saturated rings. The number of thioether (sulfide) groups is 1. The van der Waals surface area contributed by atoms with Gasteiger partial charge in [0.2, 0.25) is 5.91 Å². The average Bonchev–Trinajstić information content (AvgIpc) is 2.45. The normalized spacial score (nSPS) is 10.2. The van der Waals surface area contributed by atoms with Gasteiger partial charge in [0.05, 0.1) is 5.56 Å². The third-order valence-corrected chi connectivity index (χ3v) is 3.80. The van der Waals surface area contributed by atoms with Gasteiger partial charge in [0.25, 0.3) is 0 Å². The number of carbonyl (C=O) groups excluding carboxylic acids is 1. The summed E-state index contributed by atoms with van der Waals surface area (Å²) >= 11 is 1.47. The van der Waals surface area contributed by atoms with Crippen LogP contribution in [-0.4, -0.2) is 17.0 Å². The van der Waals surface area contributed by atoms with Crippen molar-refractivity contribution in [2.45, 2.75) is 10.6 Å². The van der Waals surface area contributed by atoms with Gasteiger partial charge in [-0.05, 0) is 29.8 Å². The van der Waals surface area contributed by atoms with Gasteiger partial charge in [-0.25, -0.2) is 4.79 Å². The van der Waals surface area contributed by atoms with Gasteiger partial charge in [0, 0.05) is 16.2 Å². The topological polar surface area (TPSA) is 80.4 Å². The van der Waals surface area contributed by atoms with Crippen molar-refractivity contribution in [3.05, 3.63) is 65.2 Å². The van der Waals surface area contributed by atoms with Crippen molar-refractivity contribution in [2.24, 2.45) is 5.73 Å². The van der Waals surface area contributed by atoms with Gasteiger partial charge in [0.1, 0.15) is 0 Å². The summed E-state index contributed by atoms with van der Waals surface area (Å²) in [4.78, 5) is 23.0. The van der Waals surface area contributed by atoms with Crippen LogP contribution in [0.4, 0.5) is 0 Å². The number of aromatic carboxylic acids is 1. The summed E-state index contributed by atoms with van der Waals surface area (Å²) < 4.78 is 0. The van der Waals surface area contributed by atoms with Gasteiger partial charge >= 0.3 is 5.97 Å². The molecule has 0 heterocycles. The first-order valence-corrected chi connectivity index (χ1v) is 6.90. The van der Waals surface area contributed by atoms with Crippen molar-refractivity contribution in [1.29, 1.82) is 0 Å². The Bertz CT molecular complexity index is 655. The molecule has 4 nitrogen and oxygen atoms in total. The van der Waals surface area contributed by atoms with E-state index in [0.717, 1.165) is 10.5 Å². The monoisotopic (exact) mass is 287 g/mol. The van der Waals surface area contributed by atoms with Crippen LogP contribution in [0, 0.1) is 0 Å². The van der Waals surface area contributed by atoms with E-state index in [1.54, 1.807) is 30.3 Å². The second-order valence-electron chi connectivity index (χ2n) is 4.14. The van der Waals surface area contributed by atoms with Crippen molar-refractivity contribution >= 4 is 23.6 Å². The summed E-state index contributed by atoms with van der Waals surface area (Å²) in [5.41, 5.74) is 6.90. The predicted octanol–water partition coefficient (Wildman–Crippen LogP) is 2.78. The van der Waals surface area contributed by atoms with Gasteiger partial charge < -0.3 is 10.8 Å². The second kappa shape index (κ2) is 6.25. The number of carboxylic acids is 1. The zero-order valence-electron chi connectivity index (χ0n) is 10.6. The second-order valence-corrected chi connectivity index (χ2v) is 5.19. The highest BCUT2D eigenvalue weighted by Gasteiger charge is 2.08. The van der Waals surface area contributed by atoms with Crippen LogP contribution in [0.15, 0.2) is 53.4 Å². The largest absolute Gasteiger partial charge is 0.478 e. The molecule has 0 unspecified atom stereocenters. The molecule has 0 spiro atoms. The summed E-state index contributed by atoms with van der Waals surface area (Å²) in [7, 11) is 0. The molecule has 3 N–H and O–H groups in total. The Morgan fingerprint density at radius 2 is 1.85 bits per heavy atom. The molecule has 2 rings (SSSR count). The number of primary amides is 1. The number of amides is 1. The van der Waals surface area contributed by atoms with E-state index in [1.807, 2.05) is 18.2 Å². The molecule has 0 bridgehead atoms. The lowest BCUT2D eigenvalue weighted by Gasteiger charge is -2.06. The number of hydrogen-bond acceptors (Lipinski definition) is 3. The quantitative estimate of drug-likeness (QED) is 0.829. The fraction of sp³-hybridized carbons (Fsp3) is 0.0667. The Balaban J connectivity index is 2.15. The molecule has 0 aromatic heterocycles. The van der Waals surface area contributed by atoms with E-state index in [-0.39, 0.29) is 5.56 Å². The Morgan fingerprint density at radius 1 is 1.10 bits per heavy atom. The van der Waals surface area contributed by atoms with E-state index in [4.69, 9.17) is 10.8 Å². The fourth-order valence-corrected chi connectivity index (χ4v) is 2.73. The third-order valence-electron chi connectivity index (χ3n) is 2.76. The molecular weight excluding hydrogens is 274 g/mol. The molecule has 0 aliphatic rings. The molecule has 2 aromatic carbocycles. The van der Waals surface area contributed by atoms with Crippen LogP contribution >= 0.6 is 11.8 Å². The fourth-order valence-electron chi connectivity index (χ4n) is 1.77. The van der Waals surface area contributed by atoms with Crippen molar-refractivity contribution in [1.82, 2.24) is 0 Å². The van der Waals surface area contributed by atoms with Crippen molar-refractivity contribution in [2.75, 3.05) is 0 Å². The number of nitrogens with two attached hydrogens (primary N) is 1. The molecule has 0 atom stereocenters. The molecular formula is C15H13NO3S. The predicted molar refractivity (Wildman–Crippen MR) is 77.9 cm³/mol. The van der Waals surface area contributed by atoms with Crippen LogP contribution in [0.2, 0.25) is 0 Å². The van der Waals surface area contributed by atoms with E-state index >= 15 is 0 Å². The van der Waals surface area contributed by atoms with Crippen LogP contribution in [0.1, 0.15) is 26.3 Å². The van der Waals surface area contributed by atoms with Crippen molar-refractivity contribution in [3.63, 3.8) is 0 Å². The van der Waals surface area contributed by atoms with Gasteiger partial charge in [-0.2, -0.15) is 0 Å². The van der Waals surface area contributed by atoms with E-state index in [2.05, 4.69) is 0 Å². The maximum atomic E-state index is 11.3. The Morgan fingerprint density at radius 3 is 2.55 bits per heavy atom. The van der Waals surface area contributed by atoms with Crippen molar-refractivity contribution < 1.29 is 14.7 Å². The SMILES string of the molecule is NC(=O)c1ccccc1CSc1cccc(C(=O)O)c1.